The predicted molar refractivity (Wildman–Crippen MR) is 113 cm³/mol. The topological polar surface area (TPSA) is 83.9 Å². The molecule has 0 atom stereocenters. The number of hydrogen-bond acceptors (Lipinski definition) is 6. The molecule has 4 rings (SSSR count). The predicted octanol–water partition coefficient (Wildman–Crippen LogP) is 4.55. The molecule has 1 amide bonds. The summed E-state index contributed by atoms with van der Waals surface area (Å²) in [6.45, 7) is 0. The number of halogens is 3. The number of nitrogens with zero attached hydrogens (tertiary/aromatic N) is 5. The zero-order valence-electron chi connectivity index (χ0n) is 17.1. The minimum Gasteiger partial charge on any atom is -0.345 e. The van der Waals surface area contributed by atoms with Crippen molar-refractivity contribution in [1.82, 2.24) is 24.8 Å². The fraction of sp³-hybridized carbons (Fsp3) is 0.136. The first-order valence-corrected chi connectivity index (χ1v) is 9.47. The first-order valence-electron chi connectivity index (χ1n) is 9.47. The molecule has 0 aliphatic rings. The minimum absolute atomic E-state index is 0.00355. The van der Waals surface area contributed by atoms with E-state index in [4.69, 9.17) is 0 Å². The molecule has 0 radical (unpaired) electrons. The van der Waals surface area contributed by atoms with Crippen LogP contribution in [0.25, 0.3) is 22.4 Å². The number of amides is 1. The Bertz CT molecular complexity index is 1290. The van der Waals surface area contributed by atoms with Crippen molar-refractivity contribution in [2.24, 2.45) is 0 Å². The van der Waals surface area contributed by atoms with Gasteiger partial charge in [-0.3, -0.25) is 9.78 Å². The molecule has 0 unspecified atom stereocenters. The van der Waals surface area contributed by atoms with Crippen LogP contribution in [0.1, 0.15) is 15.9 Å². The van der Waals surface area contributed by atoms with E-state index in [1.54, 1.807) is 30.5 Å². The minimum atomic E-state index is -4.72. The Hall–Kier alpha value is -4.08. The van der Waals surface area contributed by atoms with Crippen LogP contribution in [-0.2, 0) is 6.18 Å². The van der Waals surface area contributed by atoms with E-state index in [-0.39, 0.29) is 22.6 Å². The maximum absolute atomic E-state index is 13.8. The molecule has 0 bridgehead atoms. The zero-order valence-corrected chi connectivity index (χ0v) is 17.1. The molecule has 0 saturated carbocycles. The highest BCUT2D eigenvalue weighted by Crippen LogP contribution is 2.36. The van der Waals surface area contributed by atoms with Crippen LogP contribution in [0.15, 0.2) is 61.1 Å². The molecular weight excluding hydrogens is 421 g/mol. The second kappa shape index (κ2) is 8.22. The van der Waals surface area contributed by atoms with Gasteiger partial charge in [0.2, 0.25) is 0 Å². The van der Waals surface area contributed by atoms with Crippen LogP contribution in [0, 0.1) is 0 Å². The van der Waals surface area contributed by atoms with Gasteiger partial charge in [0, 0.05) is 38.1 Å². The van der Waals surface area contributed by atoms with Crippen LogP contribution in [0.3, 0.4) is 0 Å². The van der Waals surface area contributed by atoms with E-state index in [2.05, 4.69) is 25.3 Å². The summed E-state index contributed by atoms with van der Waals surface area (Å²) in [7, 11) is 2.91. The molecule has 0 saturated heterocycles. The van der Waals surface area contributed by atoms with Crippen molar-refractivity contribution < 1.29 is 18.0 Å². The SMILES string of the molecule is CN(C)C(=O)c1cnc(-c2ccc3c(Nc4ccccn4)ccnc3n2)c(C(F)(F)F)c1. The van der Waals surface area contributed by atoms with E-state index in [0.29, 0.717) is 16.9 Å². The summed E-state index contributed by atoms with van der Waals surface area (Å²) in [5.41, 5.74) is -0.683. The Morgan fingerprint density at radius 2 is 1.81 bits per heavy atom. The van der Waals surface area contributed by atoms with Gasteiger partial charge in [0.15, 0.2) is 5.65 Å². The Morgan fingerprint density at radius 3 is 2.50 bits per heavy atom. The molecular formula is C22H17F3N6O. The highest BCUT2D eigenvalue weighted by Gasteiger charge is 2.36. The van der Waals surface area contributed by atoms with Gasteiger partial charge in [-0.2, -0.15) is 13.2 Å². The second-order valence-corrected chi connectivity index (χ2v) is 7.08. The number of fused-ring (bicyclic) bond motifs is 1. The van der Waals surface area contributed by atoms with Gasteiger partial charge in [0.05, 0.1) is 22.5 Å². The Labute approximate surface area is 181 Å². The van der Waals surface area contributed by atoms with Crippen molar-refractivity contribution in [1.29, 1.82) is 0 Å². The summed E-state index contributed by atoms with van der Waals surface area (Å²) in [6, 6.07) is 11.0. The zero-order chi connectivity index (χ0) is 22.9. The van der Waals surface area contributed by atoms with Crippen molar-refractivity contribution in [2.45, 2.75) is 6.18 Å². The molecule has 1 N–H and O–H groups in total. The number of aromatic nitrogens is 4. The lowest BCUT2D eigenvalue weighted by Gasteiger charge is -2.15. The Morgan fingerprint density at radius 1 is 1.00 bits per heavy atom. The molecule has 0 aromatic carbocycles. The highest BCUT2D eigenvalue weighted by atomic mass is 19.4. The molecule has 32 heavy (non-hydrogen) atoms. The summed E-state index contributed by atoms with van der Waals surface area (Å²) in [4.78, 5) is 29.9. The van der Waals surface area contributed by atoms with Gasteiger partial charge in [-0.05, 0) is 36.4 Å². The number of pyridine rings is 4. The van der Waals surface area contributed by atoms with E-state index < -0.39 is 17.6 Å². The van der Waals surface area contributed by atoms with Crippen LogP contribution < -0.4 is 5.32 Å². The van der Waals surface area contributed by atoms with Crippen molar-refractivity contribution in [3.63, 3.8) is 0 Å². The number of alkyl halides is 3. The van der Waals surface area contributed by atoms with E-state index in [9.17, 15) is 18.0 Å². The number of carbonyl (C=O) groups excluding carboxylic acids is 1. The standard InChI is InChI=1S/C22H17F3N6O/c1-31(2)21(32)13-11-15(22(23,24)25)19(28-12-13)17-7-6-14-16(8-10-27-20(14)30-17)29-18-5-3-4-9-26-18/h3-12H,1-2H3,(H,26,27,29,30). The molecule has 4 aromatic rings. The lowest BCUT2D eigenvalue weighted by atomic mass is 10.1. The molecule has 0 spiro atoms. The maximum atomic E-state index is 13.8. The molecule has 162 valence electrons. The van der Waals surface area contributed by atoms with Crippen molar-refractivity contribution >= 4 is 28.4 Å². The molecule has 4 heterocycles. The third-order valence-electron chi connectivity index (χ3n) is 4.62. The molecule has 0 aliphatic heterocycles. The summed E-state index contributed by atoms with van der Waals surface area (Å²) in [6.07, 6.45) is -0.471. The van der Waals surface area contributed by atoms with Crippen molar-refractivity contribution in [2.75, 3.05) is 19.4 Å². The summed E-state index contributed by atoms with van der Waals surface area (Å²) >= 11 is 0. The first-order chi connectivity index (χ1) is 15.2. The fourth-order valence-corrected chi connectivity index (χ4v) is 3.10. The van der Waals surface area contributed by atoms with Gasteiger partial charge in [-0.25, -0.2) is 15.0 Å². The number of nitrogens with one attached hydrogen (secondary N) is 1. The molecule has 0 fully saturated rings. The fourth-order valence-electron chi connectivity index (χ4n) is 3.10. The molecule has 7 nitrogen and oxygen atoms in total. The van der Waals surface area contributed by atoms with Crippen LogP contribution >= 0.6 is 0 Å². The van der Waals surface area contributed by atoms with Crippen LogP contribution in [0.5, 0.6) is 0 Å². The van der Waals surface area contributed by atoms with Crippen molar-refractivity contribution in [3.8, 4) is 11.4 Å². The smallest absolute Gasteiger partial charge is 0.345 e. The number of carbonyl (C=O) groups is 1. The summed E-state index contributed by atoms with van der Waals surface area (Å²) < 4.78 is 41.3. The third-order valence-corrected chi connectivity index (χ3v) is 4.62. The van der Waals surface area contributed by atoms with Gasteiger partial charge in [0.25, 0.3) is 5.91 Å². The van der Waals surface area contributed by atoms with Gasteiger partial charge >= 0.3 is 6.18 Å². The van der Waals surface area contributed by atoms with Gasteiger partial charge < -0.3 is 10.2 Å². The molecule has 10 heteroatoms. The third kappa shape index (κ3) is 4.20. The van der Waals surface area contributed by atoms with E-state index >= 15 is 0 Å². The van der Waals surface area contributed by atoms with Crippen LogP contribution in [-0.4, -0.2) is 44.8 Å². The van der Waals surface area contributed by atoms with Crippen molar-refractivity contribution in [3.05, 3.63) is 72.2 Å². The second-order valence-electron chi connectivity index (χ2n) is 7.08. The normalized spacial score (nSPS) is 11.4. The first kappa shape index (κ1) is 21.2. The van der Waals surface area contributed by atoms with E-state index in [1.807, 2.05) is 6.07 Å². The maximum Gasteiger partial charge on any atom is 0.418 e. The van der Waals surface area contributed by atoms with Gasteiger partial charge in [-0.15, -0.1) is 0 Å². The van der Waals surface area contributed by atoms with E-state index in [1.165, 1.54) is 31.3 Å². The number of anilines is 2. The average Bonchev–Trinajstić information content (AvgIpc) is 2.78. The number of rotatable bonds is 4. The monoisotopic (exact) mass is 438 g/mol. The van der Waals surface area contributed by atoms with E-state index in [0.717, 1.165) is 12.3 Å². The van der Waals surface area contributed by atoms with Crippen LogP contribution in [0.4, 0.5) is 24.7 Å². The molecule has 0 aliphatic carbocycles. The Balaban J connectivity index is 1.79. The average molecular weight is 438 g/mol. The van der Waals surface area contributed by atoms with Gasteiger partial charge in [0.1, 0.15) is 11.5 Å². The lowest BCUT2D eigenvalue weighted by molar-refractivity contribution is -0.137. The Kier molecular flexibility index (Phi) is 5.43. The van der Waals surface area contributed by atoms with Gasteiger partial charge in [-0.1, -0.05) is 6.07 Å². The molecule has 4 aromatic heterocycles. The highest BCUT2D eigenvalue weighted by molar-refractivity contribution is 5.94. The number of hydrogen-bond donors (Lipinski definition) is 1. The largest absolute Gasteiger partial charge is 0.418 e. The quantitative estimate of drug-likeness (QED) is 0.503. The summed E-state index contributed by atoms with van der Waals surface area (Å²) in [5, 5.41) is 3.75. The van der Waals surface area contributed by atoms with Crippen LogP contribution in [0.2, 0.25) is 0 Å². The lowest BCUT2D eigenvalue weighted by Crippen LogP contribution is -2.23. The summed E-state index contributed by atoms with van der Waals surface area (Å²) in [5.74, 6) is 0.0270.